The fraction of sp³-hybridized carbons (Fsp3) is 0.462. The van der Waals surface area contributed by atoms with Crippen molar-refractivity contribution in [3.63, 3.8) is 0 Å². The van der Waals surface area contributed by atoms with E-state index >= 15 is 0 Å². The first-order valence-electron chi connectivity index (χ1n) is 11.5. The van der Waals surface area contributed by atoms with Crippen LogP contribution in [-0.2, 0) is 22.4 Å². The molecular formula is C26H34N2O4. The third kappa shape index (κ3) is 6.25. The highest BCUT2D eigenvalue weighted by Crippen LogP contribution is 2.32. The molecule has 2 aromatic rings. The second kappa shape index (κ2) is 11.6. The van der Waals surface area contributed by atoms with Crippen LogP contribution < -0.4 is 14.8 Å². The summed E-state index contributed by atoms with van der Waals surface area (Å²) in [6.07, 6.45) is 3.06. The van der Waals surface area contributed by atoms with Crippen LogP contribution in [0.2, 0.25) is 0 Å². The average molecular weight is 439 g/mol. The molecule has 32 heavy (non-hydrogen) atoms. The molecule has 2 aromatic carbocycles. The molecule has 0 aromatic heterocycles. The van der Waals surface area contributed by atoms with Crippen LogP contribution in [0, 0.1) is 0 Å². The molecule has 172 valence electrons. The first-order valence-corrected chi connectivity index (χ1v) is 11.5. The highest BCUT2D eigenvalue weighted by molar-refractivity contribution is 5.88. The maximum atomic E-state index is 13.3. The number of aryl methyl sites for hydroxylation is 1. The summed E-state index contributed by atoms with van der Waals surface area (Å²) >= 11 is 0. The van der Waals surface area contributed by atoms with Crippen molar-refractivity contribution in [1.29, 1.82) is 0 Å². The van der Waals surface area contributed by atoms with Gasteiger partial charge in [0, 0.05) is 19.0 Å². The molecule has 0 saturated carbocycles. The first kappa shape index (κ1) is 23.6. The maximum absolute atomic E-state index is 13.3. The molecule has 1 aliphatic heterocycles. The summed E-state index contributed by atoms with van der Waals surface area (Å²) in [6.45, 7) is 6.72. The van der Waals surface area contributed by atoms with E-state index < -0.39 is 6.04 Å². The van der Waals surface area contributed by atoms with Crippen molar-refractivity contribution in [1.82, 2.24) is 10.2 Å². The lowest BCUT2D eigenvalue weighted by Gasteiger charge is -2.31. The van der Waals surface area contributed by atoms with Gasteiger partial charge in [-0.15, -0.1) is 0 Å². The molecule has 3 rings (SSSR count). The van der Waals surface area contributed by atoms with Crippen molar-refractivity contribution < 1.29 is 19.1 Å². The number of nitrogens with zero attached hydrogens (tertiary/aromatic N) is 1. The number of hydrogen-bond donors (Lipinski definition) is 1. The Morgan fingerprint density at radius 3 is 2.44 bits per heavy atom. The monoisotopic (exact) mass is 438 g/mol. The molecule has 0 bridgehead atoms. The van der Waals surface area contributed by atoms with Crippen LogP contribution in [0.25, 0.3) is 0 Å². The van der Waals surface area contributed by atoms with Crippen LogP contribution in [0.15, 0.2) is 48.5 Å². The van der Waals surface area contributed by atoms with E-state index in [9.17, 15) is 9.59 Å². The van der Waals surface area contributed by atoms with Crippen molar-refractivity contribution in [2.45, 2.75) is 65.0 Å². The van der Waals surface area contributed by atoms with Gasteiger partial charge >= 0.3 is 0 Å². The van der Waals surface area contributed by atoms with E-state index in [-0.39, 0.29) is 24.6 Å². The molecule has 0 aliphatic carbocycles. The quantitative estimate of drug-likeness (QED) is 0.573. The summed E-state index contributed by atoms with van der Waals surface area (Å²) in [7, 11) is 0. The smallest absolute Gasteiger partial charge is 0.243 e. The molecule has 0 saturated heterocycles. The van der Waals surface area contributed by atoms with E-state index in [1.807, 2.05) is 57.2 Å². The van der Waals surface area contributed by atoms with Crippen molar-refractivity contribution in [2.24, 2.45) is 0 Å². The van der Waals surface area contributed by atoms with Crippen LogP contribution in [0.4, 0.5) is 0 Å². The number of carbonyl (C=O) groups excluding carboxylic acids is 2. The van der Waals surface area contributed by atoms with Crippen LogP contribution in [0.5, 0.6) is 11.5 Å². The van der Waals surface area contributed by atoms with Gasteiger partial charge in [-0.25, -0.2) is 0 Å². The molecule has 2 amide bonds. The Hall–Kier alpha value is -3.02. The molecule has 0 fully saturated rings. The Kier molecular flexibility index (Phi) is 8.54. The van der Waals surface area contributed by atoms with E-state index in [1.165, 1.54) is 0 Å². The number of fused-ring (bicyclic) bond motifs is 1. The highest BCUT2D eigenvalue weighted by Gasteiger charge is 2.28. The number of amides is 2. The fourth-order valence-corrected chi connectivity index (χ4v) is 3.83. The number of rotatable bonds is 11. The van der Waals surface area contributed by atoms with Gasteiger partial charge in [0.2, 0.25) is 18.6 Å². The van der Waals surface area contributed by atoms with Crippen LogP contribution in [-0.4, -0.2) is 42.1 Å². The van der Waals surface area contributed by atoms with Crippen molar-refractivity contribution >= 4 is 11.8 Å². The Bertz CT molecular complexity index is 900. The van der Waals surface area contributed by atoms with Crippen molar-refractivity contribution in [3.8, 4) is 11.5 Å². The third-order valence-electron chi connectivity index (χ3n) is 5.94. The zero-order valence-corrected chi connectivity index (χ0v) is 19.3. The molecule has 0 spiro atoms. The molecule has 6 heteroatoms. The Labute approximate surface area is 190 Å². The van der Waals surface area contributed by atoms with Crippen molar-refractivity contribution in [3.05, 3.63) is 59.7 Å². The number of nitrogens with one attached hydrogen (secondary N) is 1. The van der Waals surface area contributed by atoms with Gasteiger partial charge in [0.25, 0.3) is 0 Å². The van der Waals surface area contributed by atoms with Gasteiger partial charge in [-0.3, -0.25) is 9.59 Å². The summed E-state index contributed by atoms with van der Waals surface area (Å²) in [6, 6.07) is 15.4. The van der Waals surface area contributed by atoms with Gasteiger partial charge in [0.15, 0.2) is 11.5 Å². The molecule has 6 nitrogen and oxygen atoms in total. The summed E-state index contributed by atoms with van der Waals surface area (Å²) in [5.41, 5.74) is 2.17. The SMILES string of the molecule is CCC(C)NC(=O)C(CC)N(CCc1ccccc1)C(=O)CCc1ccc2c(c1)OCO2. The lowest BCUT2D eigenvalue weighted by molar-refractivity contribution is -0.141. The number of ether oxygens (including phenoxy) is 2. The van der Waals surface area contributed by atoms with Crippen LogP contribution in [0.3, 0.4) is 0 Å². The molecular weight excluding hydrogens is 404 g/mol. The second-order valence-corrected chi connectivity index (χ2v) is 8.25. The summed E-state index contributed by atoms with van der Waals surface area (Å²) in [5.74, 6) is 1.36. The molecule has 2 unspecified atom stereocenters. The van der Waals surface area contributed by atoms with Crippen molar-refractivity contribution in [2.75, 3.05) is 13.3 Å². The van der Waals surface area contributed by atoms with Gasteiger partial charge < -0.3 is 19.7 Å². The predicted molar refractivity (Wildman–Crippen MR) is 125 cm³/mol. The maximum Gasteiger partial charge on any atom is 0.243 e. The average Bonchev–Trinajstić information content (AvgIpc) is 3.28. The van der Waals surface area contributed by atoms with E-state index in [0.29, 0.717) is 32.2 Å². The zero-order valence-electron chi connectivity index (χ0n) is 19.3. The Balaban J connectivity index is 1.70. The molecule has 2 atom stereocenters. The highest BCUT2D eigenvalue weighted by atomic mass is 16.7. The Morgan fingerprint density at radius 1 is 0.969 bits per heavy atom. The zero-order chi connectivity index (χ0) is 22.9. The third-order valence-corrected chi connectivity index (χ3v) is 5.94. The van der Waals surface area contributed by atoms with E-state index in [0.717, 1.165) is 29.0 Å². The van der Waals surface area contributed by atoms with Gasteiger partial charge in [0.1, 0.15) is 6.04 Å². The Morgan fingerprint density at radius 2 is 1.72 bits per heavy atom. The van der Waals surface area contributed by atoms with E-state index in [2.05, 4.69) is 17.4 Å². The summed E-state index contributed by atoms with van der Waals surface area (Å²) in [4.78, 5) is 28.1. The lowest BCUT2D eigenvalue weighted by atomic mass is 10.0. The second-order valence-electron chi connectivity index (χ2n) is 8.25. The summed E-state index contributed by atoms with van der Waals surface area (Å²) < 4.78 is 10.8. The minimum absolute atomic E-state index is 0.00949. The summed E-state index contributed by atoms with van der Waals surface area (Å²) in [5, 5.41) is 3.05. The standard InChI is InChI=1S/C26H34N2O4/c1-4-19(3)27-26(30)22(5-2)28(16-15-20-9-7-6-8-10-20)25(29)14-12-21-11-13-23-24(17-21)32-18-31-23/h6-11,13,17,19,22H,4-5,12,14-16,18H2,1-3H3,(H,27,30). The number of benzene rings is 2. The van der Waals surface area contributed by atoms with E-state index in [1.54, 1.807) is 4.90 Å². The van der Waals surface area contributed by atoms with Gasteiger partial charge in [-0.05, 0) is 55.9 Å². The van der Waals surface area contributed by atoms with Gasteiger partial charge in [-0.2, -0.15) is 0 Å². The molecule has 1 aliphatic rings. The molecule has 0 radical (unpaired) electrons. The van der Waals surface area contributed by atoms with Crippen LogP contribution >= 0.6 is 0 Å². The predicted octanol–water partition coefficient (Wildman–Crippen LogP) is 4.11. The number of carbonyl (C=O) groups is 2. The lowest BCUT2D eigenvalue weighted by Crippen LogP contribution is -2.51. The normalized spacial score (nSPS) is 14.0. The topological polar surface area (TPSA) is 67.9 Å². The largest absolute Gasteiger partial charge is 0.454 e. The minimum Gasteiger partial charge on any atom is -0.454 e. The van der Waals surface area contributed by atoms with E-state index in [4.69, 9.17) is 9.47 Å². The van der Waals surface area contributed by atoms with Gasteiger partial charge in [0.05, 0.1) is 0 Å². The first-order chi connectivity index (χ1) is 15.5. The molecule has 1 heterocycles. The van der Waals surface area contributed by atoms with Gasteiger partial charge in [-0.1, -0.05) is 50.2 Å². The number of hydrogen-bond acceptors (Lipinski definition) is 4. The minimum atomic E-state index is -0.475. The molecule has 1 N–H and O–H groups in total. The fourth-order valence-electron chi connectivity index (χ4n) is 3.83. The van der Waals surface area contributed by atoms with Crippen LogP contribution in [0.1, 0.15) is 51.2 Å².